The van der Waals surface area contributed by atoms with Crippen molar-refractivity contribution in [3.63, 3.8) is 0 Å². The number of amides is 1. The van der Waals surface area contributed by atoms with Crippen LogP contribution in [-0.2, 0) is 4.79 Å². The molecule has 0 bridgehead atoms. The number of nitrogens with zero attached hydrogens (tertiary/aromatic N) is 4. The molecular formula is C22H20N4O5S. The summed E-state index contributed by atoms with van der Waals surface area (Å²) in [7, 11) is 3.15. The van der Waals surface area contributed by atoms with Crippen molar-refractivity contribution >= 4 is 29.0 Å². The number of carbonyl (C=O) groups excluding carboxylic acids is 1. The minimum atomic E-state index is -0.506. The minimum absolute atomic E-state index is 0.0614. The molecule has 10 heteroatoms. The first-order valence-corrected chi connectivity index (χ1v) is 10.7. The fourth-order valence-corrected chi connectivity index (χ4v) is 5.06. The molecule has 1 saturated heterocycles. The van der Waals surface area contributed by atoms with Gasteiger partial charge in [0.1, 0.15) is 11.5 Å². The van der Waals surface area contributed by atoms with E-state index >= 15 is 0 Å². The predicted octanol–water partition coefficient (Wildman–Crippen LogP) is 3.83. The zero-order valence-electron chi connectivity index (χ0n) is 17.5. The fraction of sp³-hybridized carbons (Fsp3) is 0.273. The van der Waals surface area contributed by atoms with Crippen LogP contribution in [0.15, 0.2) is 53.1 Å². The molecule has 0 unspecified atom stereocenters. The quantitative estimate of drug-likeness (QED) is 0.497. The lowest BCUT2D eigenvalue weighted by Crippen LogP contribution is -2.47. The molecule has 2 aromatic carbocycles. The van der Waals surface area contributed by atoms with Crippen LogP contribution in [0.4, 0.5) is 11.4 Å². The van der Waals surface area contributed by atoms with Crippen molar-refractivity contribution in [1.29, 1.82) is 5.26 Å². The second-order valence-corrected chi connectivity index (χ2v) is 8.19. The van der Waals surface area contributed by atoms with Gasteiger partial charge in [0.2, 0.25) is 5.91 Å². The van der Waals surface area contributed by atoms with Crippen LogP contribution in [0.1, 0.15) is 17.9 Å². The predicted molar refractivity (Wildman–Crippen MR) is 119 cm³/mol. The lowest BCUT2D eigenvalue weighted by Gasteiger charge is -2.42. The molecule has 4 rings (SSSR count). The maximum Gasteiger partial charge on any atom is 0.269 e. The molecule has 2 heterocycles. The molecule has 164 valence electrons. The summed E-state index contributed by atoms with van der Waals surface area (Å²) >= 11 is 1.39. The summed E-state index contributed by atoms with van der Waals surface area (Å²) in [5, 5.41) is 21.7. The van der Waals surface area contributed by atoms with Gasteiger partial charge in [-0.15, -0.1) is 0 Å². The fourth-order valence-electron chi connectivity index (χ4n) is 3.90. The van der Waals surface area contributed by atoms with Crippen molar-refractivity contribution in [2.75, 3.05) is 31.7 Å². The Hall–Kier alpha value is -3.71. The monoisotopic (exact) mass is 452 g/mol. The molecule has 0 radical (unpaired) electrons. The SMILES string of the molecule is COc1ccc(N2CSC3=C(C#N)[C@H](c4cccc([N+](=O)[O-])c4)CC(=O)N3C2)c(OC)c1. The van der Waals surface area contributed by atoms with Gasteiger partial charge in [0, 0.05) is 30.5 Å². The number of ether oxygens (including phenoxy) is 2. The van der Waals surface area contributed by atoms with E-state index in [0.717, 1.165) is 5.69 Å². The van der Waals surface area contributed by atoms with Gasteiger partial charge >= 0.3 is 0 Å². The summed E-state index contributed by atoms with van der Waals surface area (Å²) < 4.78 is 10.8. The molecular weight excluding hydrogens is 432 g/mol. The van der Waals surface area contributed by atoms with Crippen LogP contribution in [-0.4, -0.2) is 42.5 Å². The number of thioether (sulfide) groups is 1. The average molecular weight is 452 g/mol. The largest absolute Gasteiger partial charge is 0.497 e. The van der Waals surface area contributed by atoms with Gasteiger partial charge in [-0.3, -0.25) is 19.8 Å². The summed E-state index contributed by atoms with van der Waals surface area (Å²) in [4.78, 5) is 27.4. The Morgan fingerprint density at radius 1 is 1.22 bits per heavy atom. The van der Waals surface area contributed by atoms with E-state index in [-0.39, 0.29) is 24.7 Å². The lowest BCUT2D eigenvalue weighted by molar-refractivity contribution is -0.384. The van der Waals surface area contributed by atoms with E-state index in [1.54, 1.807) is 37.3 Å². The van der Waals surface area contributed by atoms with Crippen LogP contribution in [0.3, 0.4) is 0 Å². The maximum absolute atomic E-state index is 13.1. The van der Waals surface area contributed by atoms with E-state index in [2.05, 4.69) is 6.07 Å². The molecule has 1 atom stereocenters. The zero-order valence-corrected chi connectivity index (χ0v) is 18.3. The Morgan fingerprint density at radius 2 is 2.03 bits per heavy atom. The van der Waals surface area contributed by atoms with Crippen LogP contribution in [0, 0.1) is 21.4 Å². The normalized spacial score (nSPS) is 18.2. The number of fused-ring (bicyclic) bond motifs is 1. The maximum atomic E-state index is 13.1. The number of hydrogen-bond acceptors (Lipinski definition) is 8. The Bertz CT molecular complexity index is 1160. The number of rotatable bonds is 5. The molecule has 2 aliphatic rings. The molecule has 1 amide bonds. The third kappa shape index (κ3) is 3.83. The molecule has 0 saturated carbocycles. The van der Waals surface area contributed by atoms with Gasteiger partial charge in [0.25, 0.3) is 5.69 Å². The smallest absolute Gasteiger partial charge is 0.269 e. The van der Waals surface area contributed by atoms with Crippen LogP contribution in [0.25, 0.3) is 0 Å². The zero-order chi connectivity index (χ0) is 22.8. The van der Waals surface area contributed by atoms with Crippen molar-refractivity contribution < 1.29 is 19.2 Å². The molecule has 0 N–H and O–H groups in total. The van der Waals surface area contributed by atoms with E-state index in [9.17, 15) is 20.2 Å². The van der Waals surface area contributed by atoms with Crippen molar-refractivity contribution in [2.45, 2.75) is 12.3 Å². The van der Waals surface area contributed by atoms with Gasteiger partial charge in [0.15, 0.2) is 0 Å². The Balaban J connectivity index is 1.67. The van der Waals surface area contributed by atoms with E-state index in [0.29, 0.717) is 33.5 Å². The molecule has 1 fully saturated rings. The number of non-ortho nitro benzene ring substituents is 1. The molecule has 0 aromatic heterocycles. The lowest BCUT2D eigenvalue weighted by atomic mass is 9.86. The van der Waals surface area contributed by atoms with Gasteiger partial charge < -0.3 is 14.4 Å². The topological polar surface area (TPSA) is 109 Å². The van der Waals surface area contributed by atoms with E-state index < -0.39 is 10.8 Å². The van der Waals surface area contributed by atoms with Gasteiger partial charge in [-0.2, -0.15) is 5.26 Å². The number of allylic oxidation sites excluding steroid dienone is 1. The highest BCUT2D eigenvalue weighted by Crippen LogP contribution is 2.45. The number of anilines is 1. The standard InChI is InChI=1S/C22H20N4O5S/c1-30-16-6-7-19(20(9-16)31-2)24-12-25-21(27)10-17(18(11-23)22(25)32-13-24)14-4-3-5-15(8-14)26(28)29/h3-9,17H,10,12-13H2,1-2H3/t17-/m0/s1. The Morgan fingerprint density at radius 3 is 2.72 bits per heavy atom. The third-order valence-electron chi connectivity index (χ3n) is 5.50. The highest BCUT2D eigenvalue weighted by molar-refractivity contribution is 8.03. The summed E-state index contributed by atoms with van der Waals surface area (Å²) in [6, 6.07) is 13.9. The molecule has 2 aromatic rings. The first-order valence-electron chi connectivity index (χ1n) is 9.75. The van der Waals surface area contributed by atoms with E-state index in [1.165, 1.54) is 23.9 Å². The van der Waals surface area contributed by atoms with Crippen molar-refractivity contribution in [1.82, 2.24) is 4.90 Å². The van der Waals surface area contributed by atoms with Crippen LogP contribution in [0.5, 0.6) is 11.5 Å². The second-order valence-electron chi connectivity index (χ2n) is 7.25. The summed E-state index contributed by atoms with van der Waals surface area (Å²) in [5.41, 5.74) is 1.80. The summed E-state index contributed by atoms with van der Waals surface area (Å²) in [6.45, 7) is 0.274. The number of carbonyl (C=O) groups is 1. The number of nitriles is 1. The third-order valence-corrected chi connectivity index (χ3v) is 6.66. The van der Waals surface area contributed by atoms with Crippen LogP contribution in [0.2, 0.25) is 0 Å². The molecule has 2 aliphatic heterocycles. The second kappa shape index (κ2) is 8.80. The molecule has 9 nitrogen and oxygen atoms in total. The summed E-state index contributed by atoms with van der Waals surface area (Å²) in [5.74, 6) is 1.15. The first-order chi connectivity index (χ1) is 15.5. The van der Waals surface area contributed by atoms with Crippen molar-refractivity contribution in [2.24, 2.45) is 0 Å². The number of methoxy groups -OCH3 is 2. The highest BCUT2D eigenvalue weighted by Gasteiger charge is 2.39. The van der Waals surface area contributed by atoms with Gasteiger partial charge in [-0.25, -0.2) is 0 Å². The average Bonchev–Trinajstić information content (AvgIpc) is 2.83. The van der Waals surface area contributed by atoms with Crippen molar-refractivity contribution in [3.8, 4) is 17.6 Å². The molecule has 32 heavy (non-hydrogen) atoms. The number of nitro groups is 1. The van der Waals surface area contributed by atoms with E-state index in [4.69, 9.17) is 9.47 Å². The Labute approximate surface area is 189 Å². The van der Waals surface area contributed by atoms with Gasteiger partial charge in [0.05, 0.1) is 54.0 Å². The number of hydrogen-bond donors (Lipinski definition) is 0. The number of benzene rings is 2. The minimum Gasteiger partial charge on any atom is -0.497 e. The summed E-state index contributed by atoms with van der Waals surface area (Å²) in [6.07, 6.45) is 0.0711. The number of nitro benzene ring substituents is 1. The van der Waals surface area contributed by atoms with Gasteiger partial charge in [-0.05, 0) is 17.7 Å². The molecule has 0 aliphatic carbocycles. The van der Waals surface area contributed by atoms with Crippen molar-refractivity contribution in [3.05, 3.63) is 68.7 Å². The van der Waals surface area contributed by atoms with Gasteiger partial charge in [-0.1, -0.05) is 23.9 Å². The van der Waals surface area contributed by atoms with Crippen LogP contribution >= 0.6 is 11.8 Å². The first kappa shape index (κ1) is 21.5. The van der Waals surface area contributed by atoms with E-state index in [1.807, 2.05) is 17.0 Å². The van der Waals surface area contributed by atoms with Crippen LogP contribution < -0.4 is 14.4 Å². The Kier molecular flexibility index (Phi) is 5.92. The highest BCUT2D eigenvalue weighted by atomic mass is 32.2. The molecule has 0 spiro atoms.